The maximum absolute atomic E-state index is 5.39. The highest BCUT2D eigenvalue weighted by molar-refractivity contribution is 5.85. The van der Waals surface area contributed by atoms with Gasteiger partial charge in [0.15, 0.2) is 23.0 Å². The highest BCUT2D eigenvalue weighted by Gasteiger charge is 2.21. The molecule has 0 aliphatic carbocycles. The van der Waals surface area contributed by atoms with E-state index in [9.17, 15) is 0 Å². The number of halogens is 1. The number of nitrogens with one attached hydrogen (secondary N) is 2. The first-order chi connectivity index (χ1) is 12.8. The minimum absolute atomic E-state index is 0. The molecule has 144 valence electrons. The van der Waals surface area contributed by atoms with Gasteiger partial charge in [0.2, 0.25) is 0 Å². The van der Waals surface area contributed by atoms with E-state index < -0.39 is 0 Å². The lowest BCUT2D eigenvalue weighted by Crippen LogP contribution is -2.08. The van der Waals surface area contributed by atoms with E-state index in [1.165, 1.54) is 0 Å². The number of hydrogen-bond acceptors (Lipinski definition) is 7. The molecule has 2 aromatic heterocycles. The molecular weight excluding hydrogens is 370 g/mol. The first-order valence-electron chi connectivity index (χ1n) is 8.56. The Labute approximate surface area is 163 Å². The Morgan fingerprint density at radius 1 is 1.19 bits per heavy atom. The van der Waals surface area contributed by atoms with Gasteiger partial charge in [-0.1, -0.05) is 11.2 Å². The number of aromatic amines is 1. The molecule has 0 radical (unpaired) electrons. The van der Waals surface area contributed by atoms with Crippen LogP contribution in [0.25, 0.3) is 11.6 Å². The second kappa shape index (κ2) is 8.41. The molecule has 27 heavy (non-hydrogen) atoms. The van der Waals surface area contributed by atoms with E-state index in [2.05, 4.69) is 25.7 Å². The third-order valence-corrected chi connectivity index (χ3v) is 4.60. The smallest absolute Gasteiger partial charge is 0.278 e. The van der Waals surface area contributed by atoms with E-state index in [1.807, 2.05) is 24.3 Å². The summed E-state index contributed by atoms with van der Waals surface area (Å²) in [5, 5.41) is 14.8. The van der Waals surface area contributed by atoms with Crippen LogP contribution in [0.4, 0.5) is 0 Å². The van der Waals surface area contributed by atoms with E-state index in [4.69, 9.17) is 14.0 Å². The first kappa shape index (κ1) is 19.2. The fourth-order valence-corrected chi connectivity index (χ4v) is 3.18. The van der Waals surface area contributed by atoms with Crippen molar-refractivity contribution in [2.45, 2.75) is 18.8 Å². The average molecular weight is 392 g/mol. The van der Waals surface area contributed by atoms with Crippen molar-refractivity contribution < 1.29 is 14.0 Å². The molecule has 3 aromatic rings. The molecule has 1 aromatic carbocycles. The summed E-state index contributed by atoms with van der Waals surface area (Å²) >= 11 is 0. The number of benzene rings is 1. The molecule has 1 saturated heterocycles. The molecule has 1 fully saturated rings. The number of hydrogen-bond donors (Lipinski definition) is 2. The quantitative estimate of drug-likeness (QED) is 0.666. The van der Waals surface area contributed by atoms with Crippen LogP contribution in [0.3, 0.4) is 0 Å². The van der Waals surface area contributed by atoms with Gasteiger partial charge in [-0.15, -0.1) is 12.4 Å². The summed E-state index contributed by atoms with van der Waals surface area (Å²) in [6, 6.07) is 7.72. The maximum atomic E-state index is 5.39. The van der Waals surface area contributed by atoms with Crippen molar-refractivity contribution in [3.05, 3.63) is 41.3 Å². The van der Waals surface area contributed by atoms with Crippen molar-refractivity contribution in [1.29, 1.82) is 0 Å². The first-order valence-corrected chi connectivity index (χ1v) is 8.56. The Balaban J connectivity index is 0.00000210. The highest BCUT2D eigenvalue weighted by Crippen LogP contribution is 2.29. The van der Waals surface area contributed by atoms with Crippen molar-refractivity contribution in [3.63, 3.8) is 0 Å². The summed E-state index contributed by atoms with van der Waals surface area (Å²) in [7, 11) is 3.23. The largest absolute Gasteiger partial charge is 0.493 e. The minimum atomic E-state index is 0. The molecule has 1 unspecified atom stereocenters. The molecule has 1 aliphatic heterocycles. The molecule has 8 nitrogen and oxygen atoms in total. The highest BCUT2D eigenvalue weighted by atomic mass is 35.5. The van der Waals surface area contributed by atoms with Crippen LogP contribution >= 0.6 is 12.4 Å². The van der Waals surface area contributed by atoms with Crippen LogP contribution in [0.1, 0.15) is 29.4 Å². The Kier molecular flexibility index (Phi) is 5.98. The van der Waals surface area contributed by atoms with Crippen LogP contribution < -0.4 is 14.8 Å². The molecule has 2 N–H and O–H groups in total. The number of rotatable bonds is 6. The van der Waals surface area contributed by atoms with Crippen LogP contribution in [0.2, 0.25) is 0 Å². The van der Waals surface area contributed by atoms with Gasteiger partial charge >= 0.3 is 0 Å². The second-order valence-corrected chi connectivity index (χ2v) is 6.28. The lowest BCUT2D eigenvalue weighted by atomic mass is 10.1. The van der Waals surface area contributed by atoms with Crippen LogP contribution in [-0.2, 0) is 6.42 Å². The topological polar surface area (TPSA) is 98.1 Å². The number of ether oxygens (including phenoxy) is 2. The third kappa shape index (κ3) is 4.06. The van der Waals surface area contributed by atoms with Gasteiger partial charge in [0.1, 0.15) is 0 Å². The van der Waals surface area contributed by atoms with Gasteiger partial charge in [0, 0.05) is 24.6 Å². The summed E-state index contributed by atoms with van der Waals surface area (Å²) < 4.78 is 16.0. The Morgan fingerprint density at radius 2 is 2.04 bits per heavy atom. The normalized spacial score (nSPS) is 16.1. The third-order valence-electron chi connectivity index (χ3n) is 4.60. The number of aromatic nitrogens is 4. The van der Waals surface area contributed by atoms with Gasteiger partial charge in [0.25, 0.3) is 5.89 Å². The lowest BCUT2D eigenvalue weighted by molar-refractivity contribution is 0.354. The van der Waals surface area contributed by atoms with E-state index in [-0.39, 0.29) is 12.4 Å². The van der Waals surface area contributed by atoms with E-state index in [0.717, 1.165) is 30.8 Å². The van der Waals surface area contributed by atoms with Gasteiger partial charge in [-0.25, -0.2) is 0 Å². The zero-order valence-electron chi connectivity index (χ0n) is 15.2. The molecule has 4 rings (SSSR count). The van der Waals surface area contributed by atoms with Crippen molar-refractivity contribution in [3.8, 4) is 23.1 Å². The molecule has 3 heterocycles. The maximum Gasteiger partial charge on any atom is 0.278 e. The Morgan fingerprint density at radius 3 is 2.78 bits per heavy atom. The van der Waals surface area contributed by atoms with Crippen LogP contribution in [0, 0.1) is 0 Å². The molecule has 9 heteroatoms. The van der Waals surface area contributed by atoms with Crippen molar-refractivity contribution in [2.75, 3.05) is 27.3 Å². The Bertz CT molecular complexity index is 889. The predicted octanol–water partition coefficient (Wildman–Crippen LogP) is 2.57. The number of nitrogens with zero attached hydrogens (tertiary/aromatic N) is 3. The van der Waals surface area contributed by atoms with Crippen molar-refractivity contribution in [1.82, 2.24) is 25.7 Å². The number of H-pyrrole nitrogens is 1. The van der Waals surface area contributed by atoms with Crippen molar-refractivity contribution in [2.24, 2.45) is 0 Å². The standard InChI is InChI=1S/C18H21N5O3.ClH/c1-24-15-4-3-11(7-16(15)25-2)8-17-20-18(26-23-17)14-9-13(21-22-14)12-5-6-19-10-12;/h3-4,7,9,12,19H,5-6,8,10H2,1-2H3,(H,21,22);1H. The fraction of sp³-hybridized carbons (Fsp3) is 0.389. The summed E-state index contributed by atoms with van der Waals surface area (Å²) in [6.45, 7) is 2.01. The fourth-order valence-electron chi connectivity index (χ4n) is 3.18. The van der Waals surface area contributed by atoms with Gasteiger partial charge in [-0.2, -0.15) is 10.1 Å². The summed E-state index contributed by atoms with van der Waals surface area (Å²) in [5.41, 5.74) is 2.79. The number of methoxy groups -OCH3 is 2. The van der Waals surface area contributed by atoms with Gasteiger partial charge in [-0.05, 0) is 36.7 Å². The van der Waals surface area contributed by atoms with Crippen LogP contribution in [0.15, 0.2) is 28.8 Å². The van der Waals surface area contributed by atoms with E-state index in [1.54, 1.807) is 14.2 Å². The molecule has 0 amide bonds. The molecular formula is C18H22ClN5O3. The zero-order chi connectivity index (χ0) is 17.9. The predicted molar refractivity (Wildman–Crippen MR) is 102 cm³/mol. The molecule has 1 aliphatic rings. The monoisotopic (exact) mass is 391 g/mol. The minimum Gasteiger partial charge on any atom is -0.493 e. The van der Waals surface area contributed by atoms with Gasteiger partial charge in [-0.3, -0.25) is 5.10 Å². The van der Waals surface area contributed by atoms with Gasteiger partial charge in [0.05, 0.1) is 14.2 Å². The van der Waals surface area contributed by atoms with E-state index >= 15 is 0 Å². The molecule has 0 saturated carbocycles. The molecule has 1 atom stereocenters. The SMILES string of the molecule is COc1ccc(Cc2noc(-c3cc(C4CCNC4)[nH]n3)n2)cc1OC.Cl. The van der Waals surface area contributed by atoms with Crippen LogP contribution in [-0.4, -0.2) is 47.6 Å². The molecule has 0 bridgehead atoms. The Hall–Kier alpha value is -2.58. The van der Waals surface area contributed by atoms with Gasteiger partial charge < -0.3 is 19.3 Å². The average Bonchev–Trinajstić information content (AvgIpc) is 3.41. The lowest BCUT2D eigenvalue weighted by Gasteiger charge is -2.08. The van der Waals surface area contributed by atoms with Crippen LogP contribution in [0.5, 0.6) is 11.5 Å². The van der Waals surface area contributed by atoms with Crippen molar-refractivity contribution >= 4 is 12.4 Å². The summed E-state index contributed by atoms with van der Waals surface area (Å²) in [5.74, 6) is 2.85. The molecule has 0 spiro atoms. The summed E-state index contributed by atoms with van der Waals surface area (Å²) in [6.07, 6.45) is 1.64. The van der Waals surface area contributed by atoms with E-state index in [0.29, 0.717) is 41.2 Å². The second-order valence-electron chi connectivity index (χ2n) is 6.28. The summed E-state index contributed by atoms with van der Waals surface area (Å²) in [4.78, 5) is 4.47. The zero-order valence-corrected chi connectivity index (χ0v) is 16.0.